The number of unbranched alkanes of at least 4 members (excludes halogenated alkanes) is 1. The Kier molecular flexibility index (Phi) is 27.6. The molecule has 0 radical (unpaired) electrons. The van der Waals surface area contributed by atoms with E-state index in [0.717, 1.165) is 77.9 Å². The number of aliphatic hydroxyl groups is 6. The highest BCUT2D eigenvalue weighted by molar-refractivity contribution is 6.32. The number of fused-ring (bicyclic) bond motifs is 17. The molecule has 8 aliphatic heterocycles. The third-order valence-electron chi connectivity index (χ3n) is 22.4. The standard InChI is InChI=1S/C87H92Cl2N10O26/c1-38(2)26-52(91-5)79(112)96-70-72(107)43-21-24-57(50(88)28-43)121-59-30-46-31-60(76(59)125-86-77(75(110)74(109)61(37-100)123-86)124-65-35-87(4,78(111)39(3)120-65)98-63(105)16-10-11-17-64(106)99-36-45-14-7-6-12-40(45)18-19-41-13-8-9-15-54(41)99)122-58-25-22-44(29-51(58)89)73(108)71-84(117)95-69(85(118)119)49-32-47(101)33-56(103)66(49)48-27-42(20-23-55(48)102)67(81(114)97-71)94-82(115)68(46)93-80(113)53(34-62(90)104)92-83(70)116/h6-9,12-15,20-25,27-33,38-39,52-53,61,65,67-75,77-78,86,91,100-103,107-111H,10-11,16-17,26,34-37H2,1-5H3,(H2,90,104)(H,92,116)(H,93,113)(H,94,115)(H,95,117)(H,96,112)(H,97,114)(H,98,105)(H,118,119)/t39-,52+,53-,61+,65-,67+,68+,69-,70+,71-,72+,73+,74+,75-,77+,78+,86-,87-/m0/s1. The maximum Gasteiger partial charge on any atom is 0.330 e. The van der Waals surface area contributed by atoms with E-state index < -0.39 is 254 Å². The molecular weight excluding hydrogens is 1670 g/mol. The number of anilines is 1. The van der Waals surface area contributed by atoms with Gasteiger partial charge in [0.25, 0.3) is 0 Å². The van der Waals surface area contributed by atoms with Gasteiger partial charge in [-0.3, -0.25) is 43.2 Å². The largest absolute Gasteiger partial charge is 0.508 e. The van der Waals surface area contributed by atoms with E-state index in [2.05, 4.69) is 54.4 Å². The predicted molar refractivity (Wildman–Crippen MR) is 442 cm³/mol. The van der Waals surface area contributed by atoms with Crippen LogP contribution in [-0.4, -0.2) is 203 Å². The number of hydrogen-bond acceptors (Lipinski definition) is 26. The van der Waals surface area contributed by atoms with Crippen LogP contribution in [0.25, 0.3) is 11.1 Å². The molecule has 2 saturated heterocycles. The van der Waals surface area contributed by atoms with Gasteiger partial charge in [0, 0.05) is 53.1 Å². The van der Waals surface area contributed by atoms with Gasteiger partial charge < -0.3 is 133 Å². The third-order valence-corrected chi connectivity index (χ3v) is 23.0. The molecule has 20 N–H and O–H groups in total. The number of phenols is 3. The van der Waals surface area contributed by atoms with Crippen molar-refractivity contribution in [3.63, 3.8) is 0 Å². The van der Waals surface area contributed by atoms with Crippen LogP contribution in [-0.2, 0) is 68.7 Å². The van der Waals surface area contributed by atoms with Gasteiger partial charge in [-0.15, -0.1) is 0 Å². The number of phenolic OH excluding ortho intramolecular Hbond substituents is 3. The summed E-state index contributed by atoms with van der Waals surface area (Å²) in [4.78, 5) is 148. The van der Waals surface area contributed by atoms with Crippen molar-refractivity contribution in [2.45, 2.75) is 188 Å². The summed E-state index contributed by atoms with van der Waals surface area (Å²) in [7, 11) is 1.47. The number of carboxylic acids is 1. The number of nitrogens with one attached hydrogen (secondary N) is 8. The summed E-state index contributed by atoms with van der Waals surface area (Å²) in [6.45, 7) is 5.80. The molecule has 0 saturated carbocycles. The van der Waals surface area contributed by atoms with Gasteiger partial charge in [-0.05, 0) is 147 Å². The van der Waals surface area contributed by atoms with Crippen LogP contribution < -0.4 is 67.4 Å². The van der Waals surface area contributed by atoms with Gasteiger partial charge in [-0.1, -0.05) is 97.4 Å². The number of halogens is 2. The number of carbonyl (C=O) groups excluding carboxylic acids is 9. The average Bonchev–Trinajstić information content (AvgIpc) is 0.759. The molecule has 125 heavy (non-hydrogen) atoms. The summed E-state index contributed by atoms with van der Waals surface area (Å²) in [6.07, 6.45) is -19.6. The van der Waals surface area contributed by atoms with E-state index in [0.29, 0.717) is 11.3 Å². The molecule has 9 amide bonds. The third kappa shape index (κ3) is 19.8. The molecule has 0 aliphatic carbocycles. The van der Waals surface area contributed by atoms with Gasteiger partial charge in [0.05, 0.1) is 53.0 Å². The first-order valence-corrected chi connectivity index (χ1v) is 40.7. The number of aliphatic carboxylic acids is 1. The molecule has 0 aromatic heterocycles. The van der Waals surface area contributed by atoms with Gasteiger partial charge in [0.15, 0.2) is 29.9 Å². The van der Waals surface area contributed by atoms with E-state index in [1.807, 2.05) is 62.4 Å². The second-order valence-corrected chi connectivity index (χ2v) is 32.6. The van der Waals surface area contributed by atoms with Crippen molar-refractivity contribution in [3.8, 4) is 69.0 Å². The van der Waals surface area contributed by atoms with Crippen LogP contribution in [0, 0.1) is 17.8 Å². The lowest BCUT2D eigenvalue weighted by Crippen LogP contribution is -2.66. The van der Waals surface area contributed by atoms with E-state index >= 15 is 14.4 Å². The number of carboxylic acid groups (broad SMARTS) is 1. The molecule has 7 aromatic carbocycles. The Morgan fingerprint density at radius 3 is 1.96 bits per heavy atom. The minimum atomic E-state index is -2.40. The molecule has 0 spiro atoms. The second-order valence-electron chi connectivity index (χ2n) is 31.8. The number of amides is 9. The maximum atomic E-state index is 16.3. The lowest BCUT2D eigenvalue weighted by atomic mass is 9.84. The number of nitrogens with zero attached hydrogens (tertiary/aromatic N) is 1. The Balaban J connectivity index is 0.919. The van der Waals surface area contributed by atoms with Crippen LogP contribution in [0.3, 0.4) is 0 Å². The molecule has 2 fully saturated rings. The summed E-state index contributed by atoms with van der Waals surface area (Å²) >= 11 is 14.3. The van der Waals surface area contributed by atoms with Crippen LogP contribution in [0.15, 0.2) is 127 Å². The average molecular weight is 1760 g/mol. The normalized spacial score (nSPS) is 26.2. The van der Waals surface area contributed by atoms with Gasteiger partial charge in [-0.25, -0.2) is 4.79 Å². The van der Waals surface area contributed by atoms with E-state index in [1.165, 1.54) is 33.0 Å². The number of hydrogen-bond donors (Lipinski definition) is 19. The summed E-state index contributed by atoms with van der Waals surface area (Å²) in [5.74, 6) is -10.9. The smallest absolute Gasteiger partial charge is 0.330 e. The highest BCUT2D eigenvalue weighted by atomic mass is 35.5. The number of aliphatic hydroxyl groups excluding tert-OH is 6. The van der Waals surface area contributed by atoms with E-state index in [4.69, 9.17) is 57.4 Å². The molecule has 11 bridgehead atoms. The number of aromatic hydroxyl groups is 3. The summed E-state index contributed by atoms with van der Waals surface area (Å²) in [5.41, 5.74) is 4.08. The molecule has 8 heterocycles. The predicted octanol–water partition coefficient (Wildman–Crippen LogP) is 3.77. The van der Waals surface area contributed by atoms with Crippen LogP contribution in [0.1, 0.15) is 147 Å². The minimum absolute atomic E-state index is 0.0470. The number of rotatable bonds is 19. The van der Waals surface area contributed by atoms with Crippen molar-refractivity contribution in [2.24, 2.45) is 11.7 Å². The molecule has 36 nitrogen and oxygen atoms in total. The Bertz CT molecular complexity index is 5460. The fraction of sp³-hybridized carbons (Fsp3) is 0.379. The number of para-hydroxylation sites is 1. The number of benzene rings is 7. The first-order chi connectivity index (χ1) is 59.5. The van der Waals surface area contributed by atoms with Gasteiger partial charge in [-0.2, -0.15) is 0 Å². The summed E-state index contributed by atoms with van der Waals surface area (Å²) in [5, 5.41) is 136. The van der Waals surface area contributed by atoms with E-state index in [1.54, 1.807) is 4.90 Å². The number of nitrogens with two attached hydrogens (primary N) is 1. The Morgan fingerprint density at radius 1 is 0.680 bits per heavy atom. The van der Waals surface area contributed by atoms with Gasteiger partial charge in [0.1, 0.15) is 95.6 Å². The van der Waals surface area contributed by atoms with Crippen molar-refractivity contribution < 1.29 is 127 Å². The first kappa shape index (κ1) is 90.5. The van der Waals surface area contributed by atoms with Crippen molar-refractivity contribution >= 4 is 88.0 Å². The molecule has 660 valence electrons. The second kappa shape index (κ2) is 38.1. The minimum Gasteiger partial charge on any atom is -0.508 e. The van der Waals surface area contributed by atoms with Gasteiger partial charge >= 0.3 is 5.97 Å². The lowest BCUT2D eigenvalue weighted by Gasteiger charge is -2.48. The van der Waals surface area contributed by atoms with Gasteiger partial charge in [0.2, 0.25) is 65.2 Å². The van der Waals surface area contributed by atoms with Crippen LogP contribution in [0.2, 0.25) is 10.0 Å². The van der Waals surface area contributed by atoms with E-state index in [-0.39, 0.29) is 72.9 Å². The Morgan fingerprint density at radius 2 is 1.30 bits per heavy atom. The fourth-order valence-electron chi connectivity index (χ4n) is 15.9. The lowest BCUT2D eigenvalue weighted by molar-refractivity contribution is -0.334. The van der Waals surface area contributed by atoms with Crippen molar-refractivity contribution in [2.75, 3.05) is 18.6 Å². The van der Waals surface area contributed by atoms with Crippen LogP contribution in [0.4, 0.5) is 5.69 Å². The number of primary amides is 1. The number of carbonyl (C=O) groups is 10. The molecule has 0 unspecified atom stereocenters. The van der Waals surface area contributed by atoms with Crippen molar-refractivity contribution in [1.29, 1.82) is 0 Å². The topological polar surface area (TPSA) is 554 Å². The van der Waals surface area contributed by atoms with E-state index in [9.17, 15) is 84.6 Å². The quantitative estimate of drug-likeness (QED) is 0.0405. The SMILES string of the molecule is CN[C@H](CC(C)C)C(=O)N[C@H]1C(=O)N[C@@H](CC(N)=O)C(=O)N[C@H]2C(=O)N[C@H]3C(=O)N[C@H](C(=O)N[C@H](C(=O)O)c4cc(O)cc(O)c4-c4cc3ccc4O)[C@H](O)c3ccc(c(Cl)c3)Oc3cc2cc(c3O[C@@H]2O[C@H](CO)[C@@H](O)[C@H](O)[C@H]2O[C@H]2C[C@](C)(NC(=O)CCCCC(=O)N3Cc4ccccc4C#Cc4ccccc43)[C@H](O)[C@H](C)O2)Oc2ccc(cc2Cl)[C@H]1O. The monoisotopic (exact) mass is 1760 g/mol. The zero-order chi connectivity index (χ0) is 89.9. The molecule has 15 rings (SSSR count). The highest BCUT2D eigenvalue weighted by Gasteiger charge is 2.53. The zero-order valence-electron chi connectivity index (χ0n) is 67.7. The highest BCUT2D eigenvalue weighted by Crippen LogP contribution is 2.50. The first-order valence-electron chi connectivity index (χ1n) is 40.0. The zero-order valence-corrected chi connectivity index (χ0v) is 69.2. The summed E-state index contributed by atoms with van der Waals surface area (Å²) in [6, 6.07) is 13.7. The number of likely N-dealkylation sites (N-methyl/N-ethyl adjacent to an activating group) is 1. The molecular formula is C87H92Cl2N10O26. The van der Waals surface area contributed by atoms with Crippen molar-refractivity contribution in [3.05, 3.63) is 182 Å². The summed E-state index contributed by atoms with van der Waals surface area (Å²) < 4.78 is 39.3. The molecule has 38 heteroatoms. The Labute approximate surface area is 724 Å². The molecule has 7 aromatic rings. The van der Waals surface area contributed by atoms with Crippen LogP contribution in [0.5, 0.6) is 46.0 Å². The maximum absolute atomic E-state index is 16.3. The molecule has 8 aliphatic rings. The Hall–Kier alpha value is -12.2. The fourth-order valence-corrected chi connectivity index (χ4v) is 16.3. The van der Waals surface area contributed by atoms with Crippen LogP contribution >= 0.6 is 23.2 Å². The van der Waals surface area contributed by atoms with Crippen molar-refractivity contribution in [1.82, 2.24) is 42.5 Å². The molecule has 18 atom stereocenters. The number of ether oxygens (including phenoxy) is 6.